The minimum Gasteiger partial charge on any atom is -0.399 e. The third-order valence-electron chi connectivity index (χ3n) is 4.49. The Bertz CT molecular complexity index is 728. The molecule has 5 nitrogen and oxygen atoms in total. The van der Waals surface area contributed by atoms with E-state index in [4.69, 9.17) is 0 Å². The number of carbonyl (C=O) groups is 1. The predicted octanol–water partition coefficient (Wildman–Crippen LogP) is 2.80. The van der Waals surface area contributed by atoms with Crippen molar-refractivity contribution in [2.75, 3.05) is 33.8 Å². The van der Waals surface area contributed by atoms with E-state index in [0.29, 0.717) is 5.56 Å². The maximum absolute atomic E-state index is 13.1. The molecule has 1 saturated heterocycles. The molecule has 1 aliphatic rings. The maximum atomic E-state index is 13.1. The average molecular weight is 337 g/mol. The first kappa shape index (κ1) is 17.2. The highest BCUT2D eigenvalue weighted by molar-refractivity contribution is 5.95. The summed E-state index contributed by atoms with van der Waals surface area (Å²) in [7, 11) is 3.60. The van der Waals surface area contributed by atoms with Crippen molar-refractivity contribution >= 4 is 12.1 Å². The van der Waals surface area contributed by atoms with E-state index < -0.39 is 0 Å². The van der Waals surface area contributed by atoms with E-state index in [-0.39, 0.29) is 11.9 Å². The van der Waals surface area contributed by atoms with Crippen molar-refractivity contribution in [2.45, 2.75) is 6.04 Å². The molecule has 0 bridgehead atoms. The van der Waals surface area contributed by atoms with Crippen LogP contribution in [0.1, 0.15) is 27.5 Å². The highest BCUT2D eigenvalue weighted by atomic mass is 16.6. The van der Waals surface area contributed by atoms with E-state index in [1.165, 1.54) is 12.7 Å². The molecule has 0 aliphatic carbocycles. The van der Waals surface area contributed by atoms with Crippen LogP contribution in [0.15, 0.2) is 59.8 Å². The Hall–Kier alpha value is -2.66. The van der Waals surface area contributed by atoms with E-state index in [1.807, 2.05) is 47.4 Å². The van der Waals surface area contributed by atoms with Crippen LogP contribution in [0.25, 0.3) is 0 Å². The number of amides is 1. The van der Waals surface area contributed by atoms with Gasteiger partial charge in [0.25, 0.3) is 5.91 Å². The molecule has 0 aromatic heterocycles. The first-order chi connectivity index (χ1) is 12.2. The largest absolute Gasteiger partial charge is 0.399 e. The number of nitrogens with zero attached hydrogens (tertiary/aromatic N) is 3. The van der Waals surface area contributed by atoms with Crippen LogP contribution in [0.5, 0.6) is 0 Å². The summed E-state index contributed by atoms with van der Waals surface area (Å²) in [6, 6.07) is 17.8. The van der Waals surface area contributed by atoms with Crippen LogP contribution in [0.4, 0.5) is 0 Å². The number of carbonyl (C=O) groups excluding carboxylic acids is 1. The van der Waals surface area contributed by atoms with Crippen LogP contribution in [-0.4, -0.2) is 55.7 Å². The van der Waals surface area contributed by atoms with Crippen molar-refractivity contribution in [1.29, 1.82) is 0 Å². The smallest absolute Gasteiger partial charge is 0.254 e. The molecular weight excluding hydrogens is 314 g/mol. The lowest BCUT2D eigenvalue weighted by Crippen LogP contribution is -2.49. The molecule has 1 unspecified atom stereocenters. The van der Waals surface area contributed by atoms with Gasteiger partial charge in [0.1, 0.15) is 7.11 Å². The first-order valence-electron chi connectivity index (χ1n) is 8.40. The average Bonchev–Trinajstić information content (AvgIpc) is 2.67. The van der Waals surface area contributed by atoms with Gasteiger partial charge in [-0.2, -0.15) is 0 Å². The Kier molecular flexibility index (Phi) is 5.46. The normalized spacial score (nSPS) is 18.5. The Balaban J connectivity index is 1.82. The van der Waals surface area contributed by atoms with Crippen LogP contribution in [0.3, 0.4) is 0 Å². The second-order valence-corrected chi connectivity index (χ2v) is 6.23. The first-order valence-corrected chi connectivity index (χ1v) is 8.40. The summed E-state index contributed by atoms with van der Waals surface area (Å²) < 4.78 is 0. The zero-order chi connectivity index (χ0) is 17.6. The van der Waals surface area contributed by atoms with Crippen molar-refractivity contribution < 1.29 is 9.63 Å². The van der Waals surface area contributed by atoms with Gasteiger partial charge in [0.15, 0.2) is 0 Å². The summed E-state index contributed by atoms with van der Waals surface area (Å²) in [4.78, 5) is 22.0. The standard InChI is InChI=1S/C20H23N3O2/c1-22-12-13-23(19(15-22)17-6-4-3-5-7-17)20(24)18-10-8-16(9-11-18)14-21-25-2/h3-11,14,19H,12-13,15H2,1-2H3/b21-14+. The Morgan fingerprint density at radius 3 is 2.52 bits per heavy atom. The molecule has 2 aromatic carbocycles. The van der Waals surface area contributed by atoms with Gasteiger partial charge in [-0.3, -0.25) is 4.79 Å². The molecule has 0 N–H and O–H groups in total. The van der Waals surface area contributed by atoms with E-state index >= 15 is 0 Å². The summed E-state index contributed by atoms with van der Waals surface area (Å²) in [5.74, 6) is 0.0668. The molecule has 1 aliphatic heterocycles. The third kappa shape index (κ3) is 4.06. The summed E-state index contributed by atoms with van der Waals surface area (Å²) >= 11 is 0. The summed E-state index contributed by atoms with van der Waals surface area (Å²) in [6.07, 6.45) is 1.62. The van der Waals surface area contributed by atoms with Gasteiger partial charge in [0, 0.05) is 25.2 Å². The van der Waals surface area contributed by atoms with Crippen molar-refractivity contribution in [3.63, 3.8) is 0 Å². The molecular formula is C20H23N3O2. The quantitative estimate of drug-likeness (QED) is 0.637. The fourth-order valence-electron chi connectivity index (χ4n) is 3.11. The Morgan fingerprint density at radius 2 is 1.84 bits per heavy atom. The summed E-state index contributed by atoms with van der Waals surface area (Å²) in [5.41, 5.74) is 2.77. The van der Waals surface area contributed by atoms with Crippen LogP contribution >= 0.6 is 0 Å². The SMILES string of the molecule is CO/N=C/c1ccc(C(=O)N2CCN(C)CC2c2ccccc2)cc1. The molecule has 3 rings (SSSR count). The monoisotopic (exact) mass is 337 g/mol. The second-order valence-electron chi connectivity index (χ2n) is 6.23. The van der Waals surface area contributed by atoms with Gasteiger partial charge >= 0.3 is 0 Å². The minimum atomic E-state index is 0.0668. The van der Waals surface area contributed by atoms with Gasteiger partial charge in [-0.05, 0) is 30.3 Å². The van der Waals surface area contributed by atoms with Gasteiger partial charge in [0.2, 0.25) is 0 Å². The van der Waals surface area contributed by atoms with Crippen molar-refractivity contribution in [2.24, 2.45) is 5.16 Å². The summed E-state index contributed by atoms with van der Waals surface area (Å²) in [5, 5.41) is 3.74. The van der Waals surface area contributed by atoms with Crippen molar-refractivity contribution in [1.82, 2.24) is 9.80 Å². The zero-order valence-corrected chi connectivity index (χ0v) is 14.6. The Morgan fingerprint density at radius 1 is 1.12 bits per heavy atom. The number of piperazine rings is 1. The molecule has 5 heteroatoms. The topological polar surface area (TPSA) is 45.1 Å². The maximum Gasteiger partial charge on any atom is 0.254 e. The van der Waals surface area contributed by atoms with Crippen LogP contribution < -0.4 is 0 Å². The number of benzene rings is 2. The third-order valence-corrected chi connectivity index (χ3v) is 4.49. The predicted molar refractivity (Wildman–Crippen MR) is 98.8 cm³/mol. The number of rotatable bonds is 4. The minimum absolute atomic E-state index is 0.0668. The van der Waals surface area contributed by atoms with Gasteiger partial charge in [-0.25, -0.2) is 0 Å². The lowest BCUT2D eigenvalue weighted by atomic mass is 10.0. The molecule has 0 radical (unpaired) electrons. The second kappa shape index (κ2) is 7.94. The molecule has 1 amide bonds. The molecule has 1 fully saturated rings. The van der Waals surface area contributed by atoms with Gasteiger partial charge < -0.3 is 14.6 Å². The Labute approximate surface area is 148 Å². The van der Waals surface area contributed by atoms with E-state index in [0.717, 1.165) is 25.2 Å². The van der Waals surface area contributed by atoms with Crippen LogP contribution in [-0.2, 0) is 4.84 Å². The van der Waals surface area contributed by atoms with Gasteiger partial charge in [0.05, 0.1) is 12.3 Å². The molecule has 0 spiro atoms. The van der Waals surface area contributed by atoms with Gasteiger partial charge in [-0.15, -0.1) is 0 Å². The van der Waals surface area contributed by atoms with Crippen LogP contribution in [0.2, 0.25) is 0 Å². The molecule has 0 saturated carbocycles. The molecule has 25 heavy (non-hydrogen) atoms. The number of hydrogen-bond acceptors (Lipinski definition) is 4. The highest BCUT2D eigenvalue weighted by Crippen LogP contribution is 2.26. The molecule has 1 heterocycles. The number of hydrogen-bond donors (Lipinski definition) is 0. The lowest BCUT2D eigenvalue weighted by Gasteiger charge is -2.40. The fourth-order valence-corrected chi connectivity index (χ4v) is 3.11. The van der Waals surface area contributed by atoms with Crippen molar-refractivity contribution in [3.05, 3.63) is 71.3 Å². The molecule has 130 valence electrons. The highest BCUT2D eigenvalue weighted by Gasteiger charge is 2.30. The van der Waals surface area contributed by atoms with Crippen LogP contribution in [0, 0.1) is 0 Å². The number of likely N-dealkylation sites (N-methyl/N-ethyl adjacent to an activating group) is 1. The van der Waals surface area contributed by atoms with E-state index in [2.05, 4.69) is 34.1 Å². The number of oxime groups is 1. The van der Waals surface area contributed by atoms with E-state index in [9.17, 15) is 4.79 Å². The van der Waals surface area contributed by atoms with Crippen molar-refractivity contribution in [3.8, 4) is 0 Å². The molecule has 1 atom stereocenters. The summed E-state index contributed by atoms with van der Waals surface area (Å²) in [6.45, 7) is 2.45. The fraction of sp³-hybridized carbons (Fsp3) is 0.300. The lowest BCUT2D eigenvalue weighted by molar-refractivity contribution is 0.0498. The van der Waals surface area contributed by atoms with Gasteiger partial charge in [-0.1, -0.05) is 47.6 Å². The molecule has 2 aromatic rings. The van der Waals surface area contributed by atoms with E-state index in [1.54, 1.807) is 6.21 Å². The zero-order valence-electron chi connectivity index (χ0n) is 14.6.